The number of carbonyl (C=O) groups is 1. The van der Waals surface area contributed by atoms with E-state index in [4.69, 9.17) is 43.9 Å². The molecule has 0 heterocycles. The third-order valence-corrected chi connectivity index (χ3v) is 12.6. The molecular formula is C14H32O11Si3. The fourth-order valence-corrected chi connectivity index (χ4v) is 10.7. The van der Waals surface area contributed by atoms with E-state index in [1.807, 2.05) is 0 Å². The molecule has 11 nitrogen and oxygen atoms in total. The normalized spacial score (nSPS) is 12.8. The van der Waals surface area contributed by atoms with Gasteiger partial charge in [-0.05, 0) is 12.8 Å². The first kappa shape index (κ1) is 27.5. The van der Waals surface area contributed by atoms with Crippen molar-refractivity contribution in [3.63, 3.8) is 0 Å². The van der Waals surface area contributed by atoms with E-state index in [2.05, 4.69) is 6.58 Å². The van der Waals surface area contributed by atoms with Gasteiger partial charge < -0.3 is 43.9 Å². The summed E-state index contributed by atoms with van der Waals surface area (Å²) in [5, 5.41) is 0. The Morgan fingerprint density at radius 1 is 0.750 bits per heavy atom. The maximum Gasteiger partial charge on any atom is 0.673 e. The average Bonchev–Trinajstić information content (AvgIpc) is 2.75. The Hall–Kier alpha value is -0.499. The molecule has 0 aromatic carbocycles. The van der Waals surface area contributed by atoms with E-state index in [9.17, 15) is 4.79 Å². The van der Waals surface area contributed by atoms with Crippen LogP contribution < -0.4 is 0 Å². The van der Waals surface area contributed by atoms with Crippen LogP contribution in [-0.4, -0.2) is 89.2 Å². The molecular weight excluding hydrogens is 428 g/mol. The minimum absolute atomic E-state index is 0.240. The standard InChI is InChI=1S/C14H32O11Si3/c1-9-14(15)23-12-10-11-13-26(16-2,17-3)24-28(21-7,22-8)25-27(18-4,19-5)20-6/h9H,1,10-13H2,2-8H3. The summed E-state index contributed by atoms with van der Waals surface area (Å²) in [5.74, 6) is -0.475. The SMILES string of the molecule is C=CC(=O)OCCCC[Si](OC)(OC)O[Si](OC)(OC)O[Si](OC)(OC)OC. The van der Waals surface area contributed by atoms with E-state index in [-0.39, 0.29) is 6.61 Å². The first-order valence-electron chi connectivity index (χ1n) is 8.35. The zero-order chi connectivity index (χ0) is 21.7. The summed E-state index contributed by atoms with van der Waals surface area (Å²) in [4.78, 5) is 11.1. The van der Waals surface area contributed by atoms with Crippen LogP contribution in [0.4, 0.5) is 0 Å². The lowest BCUT2D eigenvalue weighted by Crippen LogP contribution is -2.65. The van der Waals surface area contributed by atoms with E-state index >= 15 is 0 Å². The number of esters is 1. The summed E-state index contributed by atoms with van der Waals surface area (Å²) < 4.78 is 54.7. The van der Waals surface area contributed by atoms with Crippen molar-refractivity contribution in [3.05, 3.63) is 12.7 Å². The Morgan fingerprint density at radius 3 is 1.64 bits per heavy atom. The Kier molecular flexibility index (Phi) is 13.4. The van der Waals surface area contributed by atoms with Gasteiger partial charge in [-0.25, -0.2) is 4.79 Å². The summed E-state index contributed by atoms with van der Waals surface area (Å²) in [6.45, 7) is 3.58. The van der Waals surface area contributed by atoms with Crippen molar-refractivity contribution in [2.75, 3.05) is 56.4 Å². The van der Waals surface area contributed by atoms with Gasteiger partial charge in [0, 0.05) is 61.9 Å². The van der Waals surface area contributed by atoms with E-state index in [1.54, 1.807) is 0 Å². The van der Waals surface area contributed by atoms with Gasteiger partial charge in [0.05, 0.1) is 6.61 Å². The Morgan fingerprint density at radius 2 is 1.25 bits per heavy atom. The zero-order valence-corrected chi connectivity index (χ0v) is 20.6. The van der Waals surface area contributed by atoms with E-state index < -0.39 is 32.9 Å². The molecule has 0 spiro atoms. The molecule has 0 rings (SSSR count). The van der Waals surface area contributed by atoms with Crippen molar-refractivity contribution < 1.29 is 48.7 Å². The molecule has 28 heavy (non-hydrogen) atoms. The smallest absolute Gasteiger partial charge is 0.463 e. The van der Waals surface area contributed by atoms with Crippen LogP contribution in [0.3, 0.4) is 0 Å². The lowest BCUT2D eigenvalue weighted by Gasteiger charge is -2.37. The lowest BCUT2D eigenvalue weighted by atomic mass is 10.4. The minimum atomic E-state index is -3.81. The molecule has 0 aliphatic rings. The highest BCUT2D eigenvalue weighted by Crippen LogP contribution is 2.27. The molecule has 14 heteroatoms. The van der Waals surface area contributed by atoms with Crippen molar-refractivity contribution in [2.24, 2.45) is 0 Å². The van der Waals surface area contributed by atoms with Gasteiger partial charge >= 0.3 is 32.9 Å². The van der Waals surface area contributed by atoms with Gasteiger partial charge in [-0.15, -0.1) is 0 Å². The van der Waals surface area contributed by atoms with Crippen molar-refractivity contribution in [1.29, 1.82) is 0 Å². The molecule has 166 valence electrons. The molecule has 0 radical (unpaired) electrons. The van der Waals surface area contributed by atoms with Crippen LogP contribution in [-0.2, 0) is 48.7 Å². The quantitative estimate of drug-likeness (QED) is 0.133. The van der Waals surface area contributed by atoms with Crippen LogP contribution in [0.5, 0.6) is 0 Å². The second-order valence-electron chi connectivity index (χ2n) is 5.14. The molecule has 0 saturated heterocycles. The molecule has 0 bridgehead atoms. The molecule has 0 unspecified atom stereocenters. The molecule has 0 amide bonds. The van der Waals surface area contributed by atoms with E-state index in [1.165, 1.54) is 49.8 Å². The Labute approximate surface area is 170 Å². The number of carbonyl (C=O) groups excluding carboxylic acids is 1. The average molecular weight is 461 g/mol. The first-order valence-corrected chi connectivity index (χ1v) is 13.5. The summed E-state index contributed by atoms with van der Waals surface area (Å²) in [5.41, 5.74) is 0. The van der Waals surface area contributed by atoms with Crippen LogP contribution in [0.25, 0.3) is 0 Å². The van der Waals surface area contributed by atoms with Gasteiger partial charge in [0.15, 0.2) is 0 Å². The maximum absolute atomic E-state index is 11.1. The van der Waals surface area contributed by atoms with Crippen LogP contribution in [0.15, 0.2) is 12.7 Å². The summed E-state index contributed by atoms with van der Waals surface area (Å²) in [6, 6.07) is 0.401. The molecule has 0 aromatic heterocycles. The number of hydrogen-bond acceptors (Lipinski definition) is 11. The predicted molar refractivity (Wildman–Crippen MR) is 104 cm³/mol. The maximum atomic E-state index is 11.1. The van der Waals surface area contributed by atoms with Crippen molar-refractivity contribution in [2.45, 2.75) is 18.9 Å². The molecule has 0 fully saturated rings. The molecule has 0 aliphatic carbocycles. The lowest BCUT2D eigenvalue weighted by molar-refractivity contribution is -0.137. The highest BCUT2D eigenvalue weighted by Gasteiger charge is 2.62. The summed E-state index contributed by atoms with van der Waals surface area (Å²) >= 11 is 0. The van der Waals surface area contributed by atoms with Gasteiger partial charge in [0.1, 0.15) is 0 Å². The van der Waals surface area contributed by atoms with Gasteiger partial charge in [-0.2, -0.15) is 0 Å². The zero-order valence-electron chi connectivity index (χ0n) is 17.6. The minimum Gasteiger partial charge on any atom is -0.463 e. The fraction of sp³-hybridized carbons (Fsp3) is 0.786. The second kappa shape index (κ2) is 13.7. The van der Waals surface area contributed by atoms with Crippen molar-refractivity contribution >= 4 is 32.9 Å². The molecule has 0 aromatic rings. The van der Waals surface area contributed by atoms with Crippen LogP contribution in [0.2, 0.25) is 6.04 Å². The monoisotopic (exact) mass is 460 g/mol. The molecule has 0 aliphatic heterocycles. The van der Waals surface area contributed by atoms with Crippen molar-refractivity contribution in [1.82, 2.24) is 0 Å². The van der Waals surface area contributed by atoms with Gasteiger partial charge in [-0.3, -0.25) is 0 Å². The summed E-state index contributed by atoms with van der Waals surface area (Å²) in [7, 11) is -0.814. The fourth-order valence-electron chi connectivity index (χ4n) is 2.09. The molecule has 0 atom stereocenters. The first-order chi connectivity index (χ1) is 13.3. The van der Waals surface area contributed by atoms with Crippen LogP contribution >= 0.6 is 0 Å². The highest BCUT2D eigenvalue weighted by atomic mass is 28.5. The van der Waals surface area contributed by atoms with Crippen LogP contribution in [0.1, 0.15) is 12.8 Å². The molecule has 0 N–H and O–H groups in total. The van der Waals surface area contributed by atoms with E-state index in [0.29, 0.717) is 18.9 Å². The van der Waals surface area contributed by atoms with Gasteiger partial charge in [0.2, 0.25) is 0 Å². The number of ether oxygens (including phenoxy) is 1. The largest absolute Gasteiger partial charge is 0.673 e. The van der Waals surface area contributed by atoms with Gasteiger partial charge in [-0.1, -0.05) is 6.58 Å². The summed E-state index contributed by atoms with van der Waals surface area (Å²) in [6.07, 6.45) is 2.28. The number of rotatable bonds is 17. The predicted octanol–water partition coefficient (Wildman–Crippen LogP) is 0.864. The van der Waals surface area contributed by atoms with Gasteiger partial charge in [0.25, 0.3) is 0 Å². The topological polar surface area (TPSA) is 109 Å². The number of hydrogen-bond donors (Lipinski definition) is 0. The number of unbranched alkanes of at least 4 members (excludes halogenated alkanes) is 1. The van der Waals surface area contributed by atoms with E-state index in [0.717, 1.165) is 6.08 Å². The van der Waals surface area contributed by atoms with Crippen molar-refractivity contribution in [3.8, 4) is 0 Å². The second-order valence-corrected chi connectivity index (χ2v) is 13.5. The third kappa shape index (κ3) is 8.09. The Bertz CT molecular complexity index is 446. The van der Waals surface area contributed by atoms with Crippen LogP contribution in [0, 0.1) is 0 Å². The molecule has 0 saturated carbocycles. The third-order valence-electron chi connectivity index (χ3n) is 3.69. The Balaban J connectivity index is 5.23. The highest BCUT2D eigenvalue weighted by molar-refractivity contribution is 6.76.